The molecular weight excluding hydrogens is 318 g/mol. The molecule has 0 saturated carbocycles. The zero-order chi connectivity index (χ0) is 16.8. The molecule has 0 atom stereocenters. The summed E-state index contributed by atoms with van der Waals surface area (Å²) in [5, 5.41) is 12.8. The highest BCUT2D eigenvalue weighted by Gasteiger charge is 2.36. The van der Waals surface area contributed by atoms with Crippen molar-refractivity contribution in [1.29, 1.82) is 5.41 Å². The second kappa shape index (κ2) is 5.53. The lowest BCUT2D eigenvalue weighted by Gasteiger charge is -2.19. The van der Waals surface area contributed by atoms with E-state index < -0.39 is 0 Å². The number of amidine groups is 1. The van der Waals surface area contributed by atoms with Crippen LogP contribution < -0.4 is 10.2 Å². The predicted octanol–water partition coefficient (Wildman–Crippen LogP) is 4.45. The number of aryl methyl sites for hydroxylation is 2. The van der Waals surface area contributed by atoms with Gasteiger partial charge >= 0.3 is 0 Å². The van der Waals surface area contributed by atoms with Gasteiger partial charge in [0.05, 0.1) is 22.8 Å². The fraction of sp³-hybridized carbons (Fsp3) is 0.158. The maximum absolute atomic E-state index is 12.6. The summed E-state index contributed by atoms with van der Waals surface area (Å²) in [5.41, 5.74) is 4.76. The van der Waals surface area contributed by atoms with Gasteiger partial charge in [0.1, 0.15) is 5.84 Å². The number of benzene rings is 2. The Morgan fingerprint density at radius 3 is 2.71 bits per heavy atom. The smallest absolute Gasteiger partial charge is 0.237 e. The van der Waals surface area contributed by atoms with Crippen molar-refractivity contribution in [3.63, 3.8) is 0 Å². The fourth-order valence-electron chi connectivity index (χ4n) is 3.13. The molecule has 0 aromatic heterocycles. The van der Waals surface area contributed by atoms with Crippen LogP contribution >= 0.6 is 11.8 Å². The lowest BCUT2D eigenvalue weighted by molar-refractivity contribution is -0.116. The maximum atomic E-state index is 12.6. The molecule has 24 heavy (non-hydrogen) atoms. The molecule has 5 heteroatoms. The van der Waals surface area contributed by atoms with Crippen molar-refractivity contribution in [2.24, 2.45) is 0 Å². The van der Waals surface area contributed by atoms with Crippen LogP contribution in [-0.2, 0) is 4.79 Å². The van der Waals surface area contributed by atoms with Gasteiger partial charge in [-0.05, 0) is 37.6 Å². The minimum Gasteiger partial charge on any atom is -0.349 e. The Balaban J connectivity index is 1.71. The Morgan fingerprint density at radius 1 is 1.17 bits per heavy atom. The lowest BCUT2D eigenvalue weighted by atomic mass is 10.1. The van der Waals surface area contributed by atoms with Gasteiger partial charge < -0.3 is 5.32 Å². The summed E-state index contributed by atoms with van der Waals surface area (Å²) < 4.78 is 0. The number of hydrogen-bond acceptors (Lipinski definition) is 4. The van der Waals surface area contributed by atoms with Crippen LogP contribution in [0.2, 0.25) is 0 Å². The number of nitrogens with one attached hydrogen (secondary N) is 2. The summed E-state index contributed by atoms with van der Waals surface area (Å²) in [6, 6.07) is 14.0. The molecule has 1 saturated heterocycles. The quantitative estimate of drug-likeness (QED) is 0.809. The van der Waals surface area contributed by atoms with E-state index in [1.165, 1.54) is 4.90 Å². The van der Waals surface area contributed by atoms with E-state index in [0.717, 1.165) is 38.0 Å². The van der Waals surface area contributed by atoms with Gasteiger partial charge in [0.15, 0.2) is 0 Å². The topological polar surface area (TPSA) is 56.2 Å². The van der Waals surface area contributed by atoms with Crippen LogP contribution in [0.4, 0.5) is 11.4 Å². The van der Waals surface area contributed by atoms with Crippen LogP contribution in [0.5, 0.6) is 0 Å². The minimum atomic E-state index is -0.0483. The van der Waals surface area contributed by atoms with Crippen LogP contribution in [0.3, 0.4) is 0 Å². The first-order valence-corrected chi connectivity index (χ1v) is 8.62. The third-order valence-corrected chi connectivity index (χ3v) is 5.43. The van der Waals surface area contributed by atoms with E-state index in [-0.39, 0.29) is 18.2 Å². The number of hydrogen-bond donors (Lipinski definition) is 2. The van der Waals surface area contributed by atoms with Crippen LogP contribution in [0, 0.1) is 19.3 Å². The van der Waals surface area contributed by atoms with Gasteiger partial charge in [-0.3, -0.25) is 15.1 Å². The molecule has 4 nitrogen and oxygen atoms in total. The van der Waals surface area contributed by atoms with Crippen LogP contribution in [-0.4, -0.2) is 11.7 Å². The molecule has 2 aromatic rings. The molecule has 1 amide bonds. The normalized spacial score (nSPS) is 19.7. The second-order valence-electron chi connectivity index (χ2n) is 6.08. The van der Waals surface area contributed by atoms with Gasteiger partial charge in [-0.15, -0.1) is 0 Å². The van der Waals surface area contributed by atoms with Crippen molar-refractivity contribution >= 4 is 34.9 Å². The first-order chi connectivity index (χ1) is 11.5. The van der Waals surface area contributed by atoms with Gasteiger partial charge in [-0.25, -0.2) is 0 Å². The zero-order valence-corrected chi connectivity index (χ0v) is 14.3. The van der Waals surface area contributed by atoms with Crippen molar-refractivity contribution in [3.05, 3.63) is 64.2 Å². The Kier molecular flexibility index (Phi) is 3.46. The lowest BCUT2D eigenvalue weighted by Crippen LogP contribution is -2.29. The molecule has 0 aliphatic carbocycles. The Bertz CT molecular complexity index is 890. The highest BCUT2D eigenvalue weighted by molar-refractivity contribution is 8.03. The van der Waals surface area contributed by atoms with E-state index in [0.29, 0.717) is 0 Å². The molecule has 0 spiro atoms. The number of thioether (sulfide) groups is 1. The molecule has 2 aromatic carbocycles. The summed E-state index contributed by atoms with van der Waals surface area (Å²) in [6.07, 6.45) is 0.259. The van der Waals surface area contributed by atoms with Gasteiger partial charge in [0.2, 0.25) is 5.91 Å². The standard InChI is InChI=1S/C19H17N3OS/c1-11-7-8-15(12(2)9-11)22-17(23)10-13(18(22)20)19-21-14-5-3-4-6-16(14)24-19/h3-9,20-21H,10H2,1-2H3. The van der Waals surface area contributed by atoms with Crippen molar-refractivity contribution in [3.8, 4) is 0 Å². The average molecular weight is 335 g/mol. The van der Waals surface area contributed by atoms with Gasteiger partial charge in [-0.2, -0.15) is 0 Å². The van der Waals surface area contributed by atoms with E-state index in [1.807, 2.05) is 56.3 Å². The molecule has 2 aliphatic rings. The van der Waals surface area contributed by atoms with E-state index in [1.54, 1.807) is 11.8 Å². The fourth-order valence-corrected chi connectivity index (χ4v) is 4.17. The van der Waals surface area contributed by atoms with E-state index in [4.69, 9.17) is 5.41 Å². The van der Waals surface area contributed by atoms with E-state index in [9.17, 15) is 4.79 Å². The third-order valence-electron chi connectivity index (χ3n) is 4.30. The number of carbonyl (C=O) groups is 1. The van der Waals surface area contributed by atoms with Crippen molar-refractivity contribution in [2.75, 3.05) is 10.2 Å². The molecular formula is C19H17N3OS. The summed E-state index contributed by atoms with van der Waals surface area (Å²) in [6.45, 7) is 4.00. The SMILES string of the molecule is Cc1ccc(N2C(=N)C(=C3Nc4ccccc4S3)CC2=O)c(C)c1. The number of amides is 1. The molecule has 2 N–H and O–H groups in total. The van der Waals surface area contributed by atoms with Crippen molar-refractivity contribution in [2.45, 2.75) is 25.2 Å². The van der Waals surface area contributed by atoms with Crippen LogP contribution in [0.1, 0.15) is 17.5 Å². The Hall–Kier alpha value is -2.53. The molecule has 2 heterocycles. The summed E-state index contributed by atoms with van der Waals surface area (Å²) in [7, 11) is 0. The average Bonchev–Trinajstić information content (AvgIpc) is 3.09. The van der Waals surface area contributed by atoms with Gasteiger partial charge in [0, 0.05) is 10.5 Å². The van der Waals surface area contributed by atoms with Crippen LogP contribution in [0.15, 0.2) is 58.0 Å². The van der Waals surface area contributed by atoms with E-state index >= 15 is 0 Å². The number of para-hydroxylation sites is 1. The Morgan fingerprint density at radius 2 is 1.96 bits per heavy atom. The summed E-state index contributed by atoms with van der Waals surface area (Å²) in [4.78, 5) is 15.2. The third kappa shape index (κ3) is 2.32. The van der Waals surface area contributed by atoms with Gasteiger partial charge in [-0.1, -0.05) is 41.6 Å². The molecule has 0 radical (unpaired) electrons. The zero-order valence-electron chi connectivity index (χ0n) is 13.5. The maximum Gasteiger partial charge on any atom is 0.237 e. The van der Waals surface area contributed by atoms with Gasteiger partial charge in [0.25, 0.3) is 0 Å². The number of fused-ring (bicyclic) bond motifs is 1. The van der Waals surface area contributed by atoms with Crippen LogP contribution in [0.25, 0.3) is 0 Å². The number of anilines is 2. The number of carbonyl (C=O) groups excluding carboxylic acids is 1. The monoisotopic (exact) mass is 335 g/mol. The predicted molar refractivity (Wildman–Crippen MR) is 98.7 cm³/mol. The molecule has 2 aliphatic heterocycles. The summed E-state index contributed by atoms with van der Waals surface area (Å²) >= 11 is 1.59. The largest absolute Gasteiger partial charge is 0.349 e. The molecule has 0 unspecified atom stereocenters. The van der Waals surface area contributed by atoms with Crippen molar-refractivity contribution in [1.82, 2.24) is 0 Å². The first-order valence-electron chi connectivity index (χ1n) is 7.81. The highest BCUT2D eigenvalue weighted by Crippen LogP contribution is 2.44. The summed E-state index contributed by atoms with van der Waals surface area (Å²) in [5.74, 6) is 0.225. The molecule has 4 rings (SSSR count). The minimum absolute atomic E-state index is 0.0483. The molecule has 0 bridgehead atoms. The molecule has 1 fully saturated rings. The highest BCUT2D eigenvalue weighted by atomic mass is 32.2. The van der Waals surface area contributed by atoms with Crippen molar-refractivity contribution < 1.29 is 4.79 Å². The first kappa shape index (κ1) is 15.0. The molecule has 120 valence electrons. The number of rotatable bonds is 1. The number of nitrogens with zero attached hydrogens (tertiary/aromatic N) is 1. The second-order valence-corrected chi connectivity index (χ2v) is 7.13. The van der Waals surface area contributed by atoms with E-state index in [2.05, 4.69) is 5.32 Å². The Labute approximate surface area is 145 Å².